The molecule has 1 aromatic carbocycles. The van der Waals surface area contributed by atoms with Crippen molar-refractivity contribution in [3.05, 3.63) is 34.6 Å². The van der Waals surface area contributed by atoms with Gasteiger partial charge < -0.3 is 0 Å². The molecule has 1 fully saturated rings. The minimum atomic E-state index is -0.0453. The largest absolute Gasteiger partial charge is 0.284 e. The molecular formula is C15H15N3OS. The van der Waals surface area contributed by atoms with E-state index in [-0.39, 0.29) is 11.5 Å². The van der Waals surface area contributed by atoms with Crippen molar-refractivity contribution in [2.45, 2.75) is 31.0 Å². The van der Waals surface area contributed by atoms with E-state index in [1.54, 1.807) is 0 Å². The molecule has 1 aliphatic carbocycles. The third kappa shape index (κ3) is 2.44. The zero-order valence-electron chi connectivity index (χ0n) is 11.2. The molecule has 4 nitrogen and oxygen atoms in total. The summed E-state index contributed by atoms with van der Waals surface area (Å²) in [6.45, 7) is 1.88. The van der Waals surface area contributed by atoms with Crippen LogP contribution in [0.3, 0.4) is 0 Å². The van der Waals surface area contributed by atoms with Crippen molar-refractivity contribution in [1.29, 1.82) is 5.26 Å². The van der Waals surface area contributed by atoms with Crippen LogP contribution in [0.1, 0.15) is 25.8 Å². The van der Waals surface area contributed by atoms with Crippen molar-refractivity contribution in [3.63, 3.8) is 0 Å². The topological polar surface area (TPSA) is 58.7 Å². The minimum absolute atomic E-state index is 0.0453. The highest BCUT2D eigenvalue weighted by molar-refractivity contribution is 7.99. The maximum atomic E-state index is 12.6. The normalized spacial score (nSPS) is 16.0. The molecule has 0 spiro atoms. The maximum absolute atomic E-state index is 12.6. The van der Waals surface area contributed by atoms with Crippen LogP contribution in [0.15, 0.2) is 34.2 Å². The fourth-order valence-electron chi connectivity index (χ4n) is 2.12. The average Bonchev–Trinajstić information content (AvgIpc) is 3.29. The van der Waals surface area contributed by atoms with E-state index in [1.807, 2.05) is 35.8 Å². The Morgan fingerprint density at radius 1 is 1.50 bits per heavy atom. The molecule has 2 aromatic rings. The summed E-state index contributed by atoms with van der Waals surface area (Å²) in [5.74, 6) is 0.615. The smallest absolute Gasteiger partial charge is 0.262 e. The second-order valence-electron chi connectivity index (χ2n) is 5.16. The van der Waals surface area contributed by atoms with Gasteiger partial charge in [0, 0.05) is 11.8 Å². The van der Waals surface area contributed by atoms with Gasteiger partial charge in [0.2, 0.25) is 0 Å². The molecule has 0 N–H and O–H groups in total. The molecule has 0 saturated heterocycles. The Labute approximate surface area is 121 Å². The van der Waals surface area contributed by atoms with Gasteiger partial charge in [-0.05, 0) is 31.9 Å². The van der Waals surface area contributed by atoms with Crippen molar-refractivity contribution in [2.24, 2.45) is 5.92 Å². The molecule has 0 unspecified atom stereocenters. The van der Waals surface area contributed by atoms with Crippen molar-refractivity contribution in [3.8, 4) is 6.07 Å². The van der Waals surface area contributed by atoms with E-state index < -0.39 is 0 Å². The van der Waals surface area contributed by atoms with E-state index in [0.717, 1.165) is 23.5 Å². The molecule has 0 amide bonds. The summed E-state index contributed by atoms with van der Waals surface area (Å²) in [5, 5.41) is 10.3. The summed E-state index contributed by atoms with van der Waals surface area (Å²) in [4.78, 5) is 17.2. The zero-order valence-corrected chi connectivity index (χ0v) is 12.1. The van der Waals surface area contributed by atoms with Gasteiger partial charge in [-0.1, -0.05) is 23.9 Å². The first-order valence-electron chi connectivity index (χ1n) is 6.74. The molecule has 1 aromatic heterocycles. The van der Waals surface area contributed by atoms with E-state index in [4.69, 9.17) is 5.26 Å². The van der Waals surface area contributed by atoms with Gasteiger partial charge in [0.15, 0.2) is 5.16 Å². The summed E-state index contributed by atoms with van der Waals surface area (Å²) in [6, 6.07) is 9.96. The second kappa shape index (κ2) is 5.29. The fraction of sp³-hybridized carbons (Fsp3) is 0.400. The number of hydrogen-bond acceptors (Lipinski definition) is 4. The van der Waals surface area contributed by atoms with Gasteiger partial charge >= 0.3 is 0 Å². The molecule has 1 aliphatic rings. The van der Waals surface area contributed by atoms with Crippen LogP contribution in [0.4, 0.5) is 0 Å². The zero-order chi connectivity index (χ0) is 14.1. The van der Waals surface area contributed by atoms with E-state index in [2.05, 4.69) is 11.1 Å². The molecule has 5 heteroatoms. The predicted octanol–water partition coefficient (Wildman–Crippen LogP) is 2.98. The van der Waals surface area contributed by atoms with Gasteiger partial charge in [-0.15, -0.1) is 0 Å². The van der Waals surface area contributed by atoms with Crippen LogP contribution in [0.2, 0.25) is 0 Å². The summed E-state index contributed by atoms with van der Waals surface area (Å²) in [5.41, 5.74) is 0.784. The standard InChI is InChI=1S/C15H15N3OS/c1-10(8-16)9-20-15-17-13-5-3-2-4-12(13)14(19)18(15)11-6-7-11/h2-5,10-11H,6-7,9H2,1H3/t10-/m0/s1. The Bertz CT molecular complexity index is 743. The van der Waals surface area contributed by atoms with E-state index >= 15 is 0 Å². The van der Waals surface area contributed by atoms with Gasteiger partial charge in [-0.25, -0.2) is 4.98 Å². The van der Waals surface area contributed by atoms with Crippen LogP contribution in [0.25, 0.3) is 10.9 Å². The third-order valence-electron chi connectivity index (χ3n) is 3.37. The van der Waals surface area contributed by atoms with Crippen LogP contribution in [-0.4, -0.2) is 15.3 Å². The molecular weight excluding hydrogens is 270 g/mol. The number of rotatable bonds is 4. The van der Waals surface area contributed by atoms with Crippen molar-refractivity contribution in [1.82, 2.24) is 9.55 Å². The monoisotopic (exact) mass is 285 g/mol. The van der Waals surface area contributed by atoms with E-state index in [1.165, 1.54) is 11.8 Å². The fourth-order valence-corrected chi connectivity index (χ4v) is 3.13. The third-order valence-corrected chi connectivity index (χ3v) is 4.58. The Morgan fingerprint density at radius 3 is 2.95 bits per heavy atom. The quantitative estimate of drug-likeness (QED) is 0.640. The Balaban J connectivity index is 2.07. The van der Waals surface area contributed by atoms with Crippen molar-refractivity contribution >= 4 is 22.7 Å². The molecule has 1 atom stereocenters. The number of aromatic nitrogens is 2. The molecule has 1 saturated carbocycles. The van der Waals surface area contributed by atoms with Crippen LogP contribution in [0, 0.1) is 17.2 Å². The lowest BCUT2D eigenvalue weighted by atomic mass is 10.2. The molecule has 0 aliphatic heterocycles. The lowest BCUT2D eigenvalue weighted by Crippen LogP contribution is -2.22. The molecule has 102 valence electrons. The highest BCUT2D eigenvalue weighted by atomic mass is 32.2. The summed E-state index contributed by atoms with van der Waals surface area (Å²) in [6.07, 6.45) is 2.09. The minimum Gasteiger partial charge on any atom is -0.284 e. The van der Waals surface area contributed by atoms with Gasteiger partial charge in [0.25, 0.3) is 5.56 Å². The number of hydrogen-bond donors (Lipinski definition) is 0. The Morgan fingerprint density at radius 2 is 2.25 bits per heavy atom. The molecule has 20 heavy (non-hydrogen) atoms. The molecule has 0 radical (unpaired) electrons. The molecule has 1 heterocycles. The first kappa shape index (κ1) is 13.2. The number of nitrogens with zero attached hydrogens (tertiary/aromatic N) is 3. The van der Waals surface area contributed by atoms with Gasteiger partial charge in [0.05, 0.1) is 22.9 Å². The summed E-state index contributed by atoms with van der Waals surface area (Å²) >= 11 is 1.51. The summed E-state index contributed by atoms with van der Waals surface area (Å²) < 4.78 is 1.82. The highest BCUT2D eigenvalue weighted by Gasteiger charge is 2.28. The van der Waals surface area contributed by atoms with Gasteiger partial charge in [-0.2, -0.15) is 5.26 Å². The lowest BCUT2D eigenvalue weighted by Gasteiger charge is -2.12. The van der Waals surface area contributed by atoms with E-state index in [9.17, 15) is 4.79 Å². The SMILES string of the molecule is C[C@@H](C#N)CSc1nc2ccccc2c(=O)n1C1CC1. The van der Waals surface area contributed by atoms with Crippen molar-refractivity contribution in [2.75, 3.05) is 5.75 Å². The number of thioether (sulfide) groups is 1. The molecule has 3 rings (SSSR count). The van der Waals surface area contributed by atoms with Crippen LogP contribution in [-0.2, 0) is 0 Å². The Hall–Kier alpha value is -1.80. The second-order valence-corrected chi connectivity index (χ2v) is 6.15. The van der Waals surface area contributed by atoms with Gasteiger partial charge in [0.1, 0.15) is 0 Å². The number of benzene rings is 1. The first-order chi connectivity index (χ1) is 9.70. The predicted molar refractivity (Wildman–Crippen MR) is 79.8 cm³/mol. The lowest BCUT2D eigenvalue weighted by molar-refractivity contribution is 0.617. The average molecular weight is 285 g/mol. The number of nitriles is 1. The summed E-state index contributed by atoms with van der Waals surface area (Å²) in [7, 11) is 0. The van der Waals surface area contributed by atoms with Crippen molar-refractivity contribution < 1.29 is 0 Å². The maximum Gasteiger partial charge on any atom is 0.262 e. The molecule has 0 bridgehead atoms. The van der Waals surface area contributed by atoms with Crippen LogP contribution in [0.5, 0.6) is 0 Å². The van der Waals surface area contributed by atoms with Gasteiger partial charge in [-0.3, -0.25) is 9.36 Å². The number of fused-ring (bicyclic) bond motifs is 1. The van der Waals surface area contributed by atoms with Crippen LogP contribution >= 0.6 is 11.8 Å². The number of para-hydroxylation sites is 1. The highest BCUT2D eigenvalue weighted by Crippen LogP contribution is 2.37. The van der Waals surface area contributed by atoms with E-state index in [0.29, 0.717) is 17.2 Å². The first-order valence-corrected chi connectivity index (χ1v) is 7.73. The van der Waals surface area contributed by atoms with Crippen LogP contribution < -0.4 is 5.56 Å². The Kier molecular flexibility index (Phi) is 3.49.